The van der Waals surface area contributed by atoms with Gasteiger partial charge in [0.15, 0.2) is 0 Å². The van der Waals surface area contributed by atoms with Gasteiger partial charge >= 0.3 is 5.97 Å². The molecular weight excluding hydrogens is 462 g/mol. The number of benzene rings is 1. The normalized spacial score (nSPS) is 18.6. The van der Waals surface area contributed by atoms with E-state index in [-0.39, 0.29) is 24.3 Å². The minimum absolute atomic E-state index is 0.0653. The zero-order valence-corrected chi connectivity index (χ0v) is 20.5. The number of nitrogens with one attached hydrogen (secondary N) is 2. The highest BCUT2D eigenvalue weighted by molar-refractivity contribution is 8.03. The van der Waals surface area contributed by atoms with E-state index in [1.807, 2.05) is 30.3 Å². The molecule has 0 unspecified atom stereocenters. The first-order chi connectivity index (χ1) is 17.1. The Hall–Kier alpha value is -3.44. The molecule has 1 aliphatic carbocycles. The van der Waals surface area contributed by atoms with Crippen LogP contribution in [0.25, 0.3) is 5.70 Å². The lowest BCUT2D eigenvalue weighted by molar-refractivity contribution is -0.138. The van der Waals surface area contributed by atoms with Crippen LogP contribution >= 0.6 is 11.8 Å². The minimum atomic E-state index is -0.755. The third kappa shape index (κ3) is 5.80. The van der Waals surface area contributed by atoms with Gasteiger partial charge in [-0.2, -0.15) is 5.26 Å². The molecule has 0 saturated heterocycles. The Kier molecular flexibility index (Phi) is 8.32. The highest BCUT2D eigenvalue weighted by atomic mass is 32.2. The number of dihydropyridines is 1. The minimum Gasteiger partial charge on any atom is -0.468 e. The van der Waals surface area contributed by atoms with Gasteiger partial charge < -0.3 is 19.8 Å². The number of rotatable bonds is 8. The van der Waals surface area contributed by atoms with E-state index in [2.05, 4.69) is 16.7 Å². The van der Waals surface area contributed by atoms with Gasteiger partial charge in [0.2, 0.25) is 5.91 Å². The van der Waals surface area contributed by atoms with Crippen molar-refractivity contribution in [1.29, 1.82) is 5.26 Å². The molecular formula is C27H29N3O4S. The lowest BCUT2D eigenvalue weighted by atomic mass is 9.84. The number of esters is 1. The number of thioether (sulfide) groups is 1. The third-order valence-electron chi connectivity index (χ3n) is 6.15. The molecule has 8 heteroatoms. The van der Waals surface area contributed by atoms with Gasteiger partial charge in [-0.15, -0.1) is 0 Å². The Morgan fingerprint density at radius 1 is 1.17 bits per heavy atom. The van der Waals surface area contributed by atoms with Crippen molar-refractivity contribution in [3.05, 3.63) is 76.2 Å². The van der Waals surface area contributed by atoms with Crippen LogP contribution in [-0.2, 0) is 14.3 Å². The number of furan rings is 1. The maximum Gasteiger partial charge on any atom is 0.337 e. The van der Waals surface area contributed by atoms with Crippen LogP contribution in [0.1, 0.15) is 56.3 Å². The predicted molar refractivity (Wildman–Crippen MR) is 135 cm³/mol. The molecule has 1 aromatic carbocycles. The molecule has 2 heterocycles. The summed E-state index contributed by atoms with van der Waals surface area (Å²) < 4.78 is 11.1. The Morgan fingerprint density at radius 2 is 1.94 bits per heavy atom. The quantitative estimate of drug-likeness (QED) is 0.508. The Balaban J connectivity index is 1.68. The van der Waals surface area contributed by atoms with Crippen LogP contribution in [0, 0.1) is 11.3 Å². The number of nitriles is 1. The van der Waals surface area contributed by atoms with Gasteiger partial charge in [0.05, 0.1) is 52.5 Å². The van der Waals surface area contributed by atoms with Gasteiger partial charge in [-0.3, -0.25) is 4.79 Å². The van der Waals surface area contributed by atoms with Gasteiger partial charge in [0.1, 0.15) is 5.76 Å². The van der Waals surface area contributed by atoms with Gasteiger partial charge in [-0.05, 0) is 37.5 Å². The van der Waals surface area contributed by atoms with Gasteiger partial charge in [0, 0.05) is 6.04 Å². The van der Waals surface area contributed by atoms with E-state index in [1.54, 1.807) is 19.1 Å². The van der Waals surface area contributed by atoms with Crippen molar-refractivity contribution in [2.45, 2.75) is 51.0 Å². The van der Waals surface area contributed by atoms with Crippen molar-refractivity contribution in [1.82, 2.24) is 10.6 Å². The molecule has 35 heavy (non-hydrogen) atoms. The molecule has 1 amide bonds. The topological polar surface area (TPSA) is 104 Å². The van der Waals surface area contributed by atoms with Crippen LogP contribution in [-0.4, -0.2) is 30.3 Å². The second-order valence-corrected chi connectivity index (χ2v) is 9.48. The number of nitrogens with zero attached hydrogens (tertiary/aromatic N) is 1. The fourth-order valence-corrected chi connectivity index (χ4v) is 5.40. The van der Waals surface area contributed by atoms with Crippen LogP contribution in [0.2, 0.25) is 0 Å². The molecule has 0 spiro atoms. The Labute approximate surface area is 209 Å². The van der Waals surface area contributed by atoms with Gasteiger partial charge in [-0.25, -0.2) is 4.79 Å². The fraction of sp³-hybridized carbons (Fsp3) is 0.370. The molecule has 4 rings (SSSR count). The molecule has 1 fully saturated rings. The lowest BCUT2D eigenvalue weighted by Gasteiger charge is -2.29. The first-order valence-electron chi connectivity index (χ1n) is 12.0. The lowest BCUT2D eigenvalue weighted by Crippen LogP contribution is -2.37. The summed E-state index contributed by atoms with van der Waals surface area (Å²) in [6.07, 6.45) is 7.01. The number of hydrogen-bond acceptors (Lipinski definition) is 7. The maximum absolute atomic E-state index is 13.2. The summed E-state index contributed by atoms with van der Waals surface area (Å²) in [4.78, 5) is 25.9. The molecule has 2 aliphatic rings. The number of carbonyl (C=O) groups excluding carboxylic acids is 2. The SMILES string of the molecule is CCOC(=O)C1=C(c2ccccc2)NC(SCC(=O)NC2CCCCC2)=C(C#N)[C@H]1c1ccco1. The van der Waals surface area contributed by atoms with Crippen molar-refractivity contribution in [3.8, 4) is 6.07 Å². The van der Waals surface area contributed by atoms with E-state index in [9.17, 15) is 14.9 Å². The third-order valence-corrected chi connectivity index (χ3v) is 7.17. The molecule has 1 saturated carbocycles. The predicted octanol–water partition coefficient (Wildman–Crippen LogP) is 4.86. The van der Waals surface area contributed by atoms with Crippen molar-refractivity contribution >= 4 is 29.3 Å². The molecule has 7 nitrogen and oxygen atoms in total. The van der Waals surface area contributed by atoms with Crippen LogP contribution < -0.4 is 10.6 Å². The number of allylic oxidation sites excluding steroid dienone is 1. The van der Waals surface area contributed by atoms with Crippen LogP contribution in [0.3, 0.4) is 0 Å². The van der Waals surface area contributed by atoms with Crippen LogP contribution in [0.15, 0.2) is 69.3 Å². The summed E-state index contributed by atoms with van der Waals surface area (Å²) >= 11 is 1.26. The van der Waals surface area contributed by atoms with Crippen LogP contribution in [0.5, 0.6) is 0 Å². The maximum atomic E-state index is 13.2. The second-order valence-electron chi connectivity index (χ2n) is 8.49. The summed E-state index contributed by atoms with van der Waals surface area (Å²) in [6.45, 7) is 1.94. The van der Waals surface area contributed by atoms with E-state index in [1.165, 1.54) is 24.4 Å². The number of amides is 1. The Morgan fingerprint density at radius 3 is 2.60 bits per heavy atom. The zero-order valence-electron chi connectivity index (χ0n) is 19.7. The zero-order chi connectivity index (χ0) is 24.6. The first kappa shape index (κ1) is 24.7. The number of ether oxygens (including phenoxy) is 1. The molecule has 1 atom stereocenters. The average molecular weight is 492 g/mol. The standard InChI is InChI=1S/C27H29N3O4S/c1-2-33-27(32)24-23(21-14-9-15-34-21)20(16-28)26(30-25(24)18-10-5-3-6-11-18)35-17-22(31)29-19-12-7-4-8-13-19/h3,5-6,9-11,14-15,19,23,30H,2,4,7-8,12-13,17H2,1H3,(H,29,31)/t23-/m0/s1. The first-order valence-corrected chi connectivity index (χ1v) is 12.9. The van der Waals surface area contributed by atoms with Crippen molar-refractivity contribution in [3.63, 3.8) is 0 Å². The summed E-state index contributed by atoms with van der Waals surface area (Å²) in [6, 6.07) is 15.4. The molecule has 2 N–H and O–H groups in total. The molecule has 1 aromatic heterocycles. The second kappa shape index (κ2) is 11.8. The molecule has 0 bridgehead atoms. The summed E-state index contributed by atoms with van der Waals surface area (Å²) in [7, 11) is 0. The number of carbonyl (C=O) groups is 2. The van der Waals surface area contributed by atoms with E-state index in [0.717, 1.165) is 31.2 Å². The molecule has 2 aromatic rings. The highest BCUT2D eigenvalue weighted by Gasteiger charge is 2.39. The summed E-state index contributed by atoms with van der Waals surface area (Å²) in [5.41, 5.74) is 1.94. The van der Waals surface area contributed by atoms with E-state index in [0.29, 0.717) is 27.6 Å². The smallest absolute Gasteiger partial charge is 0.337 e. The largest absolute Gasteiger partial charge is 0.468 e. The summed E-state index contributed by atoms with van der Waals surface area (Å²) in [5, 5.41) is 17.1. The number of hydrogen-bond donors (Lipinski definition) is 2. The van der Waals surface area contributed by atoms with Crippen molar-refractivity contribution in [2.24, 2.45) is 0 Å². The van der Waals surface area contributed by atoms with Crippen molar-refractivity contribution in [2.75, 3.05) is 12.4 Å². The Bertz CT molecular complexity index is 1140. The van der Waals surface area contributed by atoms with E-state index >= 15 is 0 Å². The van der Waals surface area contributed by atoms with Crippen LogP contribution in [0.4, 0.5) is 0 Å². The van der Waals surface area contributed by atoms with Crippen molar-refractivity contribution < 1.29 is 18.7 Å². The molecule has 182 valence electrons. The molecule has 0 radical (unpaired) electrons. The molecule has 1 aliphatic heterocycles. The van der Waals surface area contributed by atoms with E-state index < -0.39 is 11.9 Å². The highest BCUT2D eigenvalue weighted by Crippen LogP contribution is 2.43. The summed E-state index contributed by atoms with van der Waals surface area (Å²) in [5.74, 6) is -0.721. The van der Waals surface area contributed by atoms with Gasteiger partial charge in [-0.1, -0.05) is 61.4 Å². The monoisotopic (exact) mass is 491 g/mol. The fourth-order valence-electron chi connectivity index (χ4n) is 4.55. The average Bonchev–Trinajstić information content (AvgIpc) is 3.42. The van der Waals surface area contributed by atoms with Gasteiger partial charge in [0.25, 0.3) is 0 Å². The van der Waals surface area contributed by atoms with E-state index in [4.69, 9.17) is 9.15 Å².